The monoisotopic (exact) mass is 426 g/mol. The lowest BCUT2D eigenvalue weighted by Crippen LogP contribution is -2.58. The molecule has 27 heavy (non-hydrogen) atoms. The SMILES string of the molecule is CCN(C(=O)c1ccc(Cl)cc1)N(C(=O)c1ccc(Cl)cc1Cl)C(C)(C)C. The number of nitrogens with zero attached hydrogens (tertiary/aromatic N) is 2. The van der Waals surface area contributed by atoms with E-state index in [1.54, 1.807) is 36.4 Å². The average molecular weight is 428 g/mol. The summed E-state index contributed by atoms with van der Waals surface area (Å²) in [6, 6.07) is 11.2. The number of benzene rings is 2. The van der Waals surface area contributed by atoms with Crippen molar-refractivity contribution in [3.05, 3.63) is 68.7 Å². The van der Waals surface area contributed by atoms with E-state index in [0.29, 0.717) is 22.2 Å². The van der Waals surface area contributed by atoms with Crippen molar-refractivity contribution >= 4 is 46.6 Å². The molecule has 0 heterocycles. The Balaban J connectivity index is 2.48. The van der Waals surface area contributed by atoms with Crippen LogP contribution in [-0.2, 0) is 0 Å². The number of halogens is 3. The third-order valence-electron chi connectivity index (χ3n) is 3.86. The Bertz CT molecular complexity index is 845. The predicted octanol–water partition coefficient (Wildman–Crippen LogP) is 5.96. The molecule has 0 unspecified atom stereocenters. The van der Waals surface area contributed by atoms with Crippen LogP contribution in [0.5, 0.6) is 0 Å². The number of carbonyl (C=O) groups is 2. The number of hydrogen-bond acceptors (Lipinski definition) is 2. The van der Waals surface area contributed by atoms with E-state index in [1.807, 2.05) is 27.7 Å². The van der Waals surface area contributed by atoms with Crippen LogP contribution in [0.3, 0.4) is 0 Å². The van der Waals surface area contributed by atoms with Crippen LogP contribution >= 0.6 is 34.8 Å². The first kappa shape index (κ1) is 21.5. The average Bonchev–Trinajstić information content (AvgIpc) is 2.58. The van der Waals surface area contributed by atoms with Crippen LogP contribution < -0.4 is 0 Å². The number of hydrazine groups is 1. The highest BCUT2D eigenvalue weighted by molar-refractivity contribution is 6.36. The minimum Gasteiger partial charge on any atom is -0.267 e. The van der Waals surface area contributed by atoms with Crippen molar-refractivity contribution in [1.29, 1.82) is 0 Å². The van der Waals surface area contributed by atoms with Crippen molar-refractivity contribution in [3.8, 4) is 0 Å². The summed E-state index contributed by atoms with van der Waals surface area (Å²) in [5.41, 5.74) is 0.0434. The molecule has 0 atom stereocenters. The fraction of sp³-hybridized carbons (Fsp3) is 0.300. The van der Waals surface area contributed by atoms with Crippen LogP contribution in [0, 0.1) is 0 Å². The minimum absolute atomic E-state index is 0.233. The molecular weight excluding hydrogens is 407 g/mol. The van der Waals surface area contributed by atoms with Crippen molar-refractivity contribution in [2.75, 3.05) is 6.54 Å². The molecule has 0 aromatic heterocycles. The Kier molecular flexibility index (Phi) is 6.79. The molecule has 2 rings (SSSR count). The number of amides is 2. The Morgan fingerprint density at radius 1 is 0.889 bits per heavy atom. The van der Waals surface area contributed by atoms with E-state index >= 15 is 0 Å². The Hall–Kier alpha value is -1.75. The molecule has 0 spiro atoms. The summed E-state index contributed by atoms with van der Waals surface area (Å²) in [6.07, 6.45) is 0. The van der Waals surface area contributed by atoms with Gasteiger partial charge in [-0.1, -0.05) is 34.8 Å². The second kappa shape index (κ2) is 8.51. The predicted molar refractivity (Wildman–Crippen MR) is 111 cm³/mol. The summed E-state index contributed by atoms with van der Waals surface area (Å²) >= 11 is 18.1. The van der Waals surface area contributed by atoms with E-state index < -0.39 is 5.54 Å². The van der Waals surface area contributed by atoms with Crippen molar-refractivity contribution in [2.24, 2.45) is 0 Å². The second-order valence-electron chi connectivity index (χ2n) is 6.94. The van der Waals surface area contributed by atoms with Crippen LogP contribution in [0.1, 0.15) is 48.4 Å². The number of hydrogen-bond donors (Lipinski definition) is 0. The van der Waals surface area contributed by atoms with Gasteiger partial charge in [-0.3, -0.25) is 9.59 Å². The Morgan fingerprint density at radius 2 is 1.44 bits per heavy atom. The summed E-state index contributed by atoms with van der Waals surface area (Å²) < 4.78 is 0. The van der Waals surface area contributed by atoms with Crippen molar-refractivity contribution in [3.63, 3.8) is 0 Å². The topological polar surface area (TPSA) is 40.6 Å². The largest absolute Gasteiger partial charge is 0.274 e. The van der Waals surface area contributed by atoms with Gasteiger partial charge in [0, 0.05) is 22.2 Å². The van der Waals surface area contributed by atoms with E-state index in [1.165, 1.54) is 16.1 Å². The van der Waals surface area contributed by atoms with Crippen LogP contribution in [0.4, 0.5) is 0 Å². The van der Waals surface area contributed by atoms with E-state index in [2.05, 4.69) is 0 Å². The van der Waals surface area contributed by atoms with Gasteiger partial charge >= 0.3 is 0 Å². The van der Waals surface area contributed by atoms with Crippen molar-refractivity contribution in [1.82, 2.24) is 10.0 Å². The molecule has 144 valence electrons. The molecule has 0 bridgehead atoms. The van der Waals surface area contributed by atoms with Gasteiger partial charge in [-0.05, 0) is 70.2 Å². The van der Waals surface area contributed by atoms with Crippen molar-refractivity contribution < 1.29 is 9.59 Å². The van der Waals surface area contributed by atoms with E-state index in [4.69, 9.17) is 34.8 Å². The number of carbonyl (C=O) groups excluding carboxylic acids is 2. The molecule has 2 aromatic rings. The lowest BCUT2D eigenvalue weighted by Gasteiger charge is -2.43. The quantitative estimate of drug-likeness (QED) is 0.567. The van der Waals surface area contributed by atoms with Gasteiger partial charge < -0.3 is 0 Å². The van der Waals surface area contributed by atoms with E-state index in [-0.39, 0.29) is 22.4 Å². The second-order valence-corrected chi connectivity index (χ2v) is 8.22. The first-order valence-electron chi connectivity index (χ1n) is 8.43. The molecular formula is C20H21Cl3N2O2. The molecule has 0 fully saturated rings. The highest BCUT2D eigenvalue weighted by atomic mass is 35.5. The molecule has 0 aliphatic rings. The van der Waals surface area contributed by atoms with Gasteiger partial charge in [-0.15, -0.1) is 0 Å². The van der Waals surface area contributed by atoms with E-state index in [9.17, 15) is 9.59 Å². The molecule has 0 saturated carbocycles. The molecule has 2 amide bonds. The Morgan fingerprint density at radius 3 is 1.93 bits per heavy atom. The van der Waals surface area contributed by atoms with Gasteiger partial charge in [0.15, 0.2) is 0 Å². The highest BCUT2D eigenvalue weighted by Crippen LogP contribution is 2.27. The lowest BCUT2D eigenvalue weighted by atomic mass is 10.1. The van der Waals surface area contributed by atoms with Crippen LogP contribution in [0.25, 0.3) is 0 Å². The third kappa shape index (κ3) is 4.95. The van der Waals surface area contributed by atoms with Crippen LogP contribution in [0.2, 0.25) is 15.1 Å². The standard InChI is InChI=1S/C20H21Cl3N2O2/c1-5-24(18(26)13-6-8-14(21)9-7-13)25(20(2,3)4)19(27)16-11-10-15(22)12-17(16)23/h6-12H,5H2,1-4H3. The van der Waals surface area contributed by atoms with Crippen LogP contribution in [-0.4, -0.2) is 33.9 Å². The lowest BCUT2D eigenvalue weighted by molar-refractivity contribution is -0.0410. The molecule has 2 aromatic carbocycles. The fourth-order valence-electron chi connectivity index (χ4n) is 2.67. The molecule has 0 aliphatic carbocycles. The molecule has 0 aliphatic heterocycles. The fourth-order valence-corrected chi connectivity index (χ4v) is 3.29. The first-order valence-corrected chi connectivity index (χ1v) is 9.56. The molecule has 7 heteroatoms. The molecule has 4 nitrogen and oxygen atoms in total. The first-order chi connectivity index (χ1) is 12.6. The smallest absolute Gasteiger partial charge is 0.267 e. The summed E-state index contributed by atoms with van der Waals surface area (Å²) in [4.78, 5) is 26.4. The maximum absolute atomic E-state index is 13.3. The van der Waals surface area contributed by atoms with Gasteiger partial charge in [0.1, 0.15) is 0 Å². The maximum atomic E-state index is 13.3. The van der Waals surface area contributed by atoms with Gasteiger partial charge in [0.2, 0.25) is 0 Å². The maximum Gasteiger partial charge on any atom is 0.274 e. The van der Waals surface area contributed by atoms with Gasteiger partial charge in [-0.25, -0.2) is 10.0 Å². The normalized spacial score (nSPS) is 11.2. The molecule has 0 saturated heterocycles. The summed E-state index contributed by atoms with van der Waals surface area (Å²) in [5, 5.41) is 4.04. The zero-order valence-corrected chi connectivity index (χ0v) is 17.9. The third-order valence-corrected chi connectivity index (χ3v) is 4.66. The minimum atomic E-state index is -0.669. The van der Waals surface area contributed by atoms with Gasteiger partial charge in [0.05, 0.1) is 16.1 Å². The summed E-state index contributed by atoms with van der Waals surface area (Å²) in [7, 11) is 0. The summed E-state index contributed by atoms with van der Waals surface area (Å²) in [6.45, 7) is 7.67. The van der Waals surface area contributed by atoms with E-state index in [0.717, 1.165) is 0 Å². The van der Waals surface area contributed by atoms with Crippen molar-refractivity contribution in [2.45, 2.75) is 33.2 Å². The molecule has 0 N–H and O–H groups in total. The number of rotatable bonds is 3. The Labute approximate surface area is 174 Å². The van der Waals surface area contributed by atoms with Gasteiger partial charge in [0.25, 0.3) is 11.8 Å². The van der Waals surface area contributed by atoms with Crippen LogP contribution in [0.15, 0.2) is 42.5 Å². The van der Waals surface area contributed by atoms with Gasteiger partial charge in [-0.2, -0.15) is 0 Å². The summed E-state index contributed by atoms with van der Waals surface area (Å²) in [5.74, 6) is -0.684. The zero-order valence-electron chi connectivity index (χ0n) is 15.6. The zero-order chi connectivity index (χ0) is 20.4. The molecule has 0 radical (unpaired) electrons. The highest BCUT2D eigenvalue weighted by Gasteiger charge is 2.36.